The fraction of sp³-hybridized carbons (Fsp3) is 0.286. The molecule has 0 aliphatic carbocycles. The summed E-state index contributed by atoms with van der Waals surface area (Å²) in [4.78, 5) is 0. The molecule has 5 heteroatoms. The Morgan fingerprint density at radius 2 is 1.73 bits per heavy atom. The van der Waals surface area contributed by atoms with E-state index >= 15 is 0 Å². The van der Waals surface area contributed by atoms with Crippen LogP contribution in [0.15, 0.2) is 42.6 Å². The maximum Gasteiger partial charge on any atom is 0.398 e. The molecule has 0 spiro atoms. The molecule has 0 atom stereocenters. The van der Waals surface area contributed by atoms with Gasteiger partial charge < -0.3 is 4.74 Å². The summed E-state index contributed by atoms with van der Waals surface area (Å²) in [6.45, 7) is 4.39. The molecule has 4 rings (SSSR count). The molecule has 3 aromatic rings. The monoisotopic (exact) mass is 358 g/mol. The molecule has 134 valence electrons. The lowest BCUT2D eigenvalue weighted by Gasteiger charge is -2.28. The van der Waals surface area contributed by atoms with Crippen molar-refractivity contribution in [2.24, 2.45) is 7.05 Å². The molecule has 0 unspecified atom stereocenters. The standard InChI is InChI=1S/C21H19F3NO/c1-12-8-9-13-6-5-7-15-18(13)17(12)19-16(26-15)10-14(11-25(19)4)20(2,3)21(22,23)24/h5-11H,1-4H3/q+1. The maximum atomic E-state index is 13.5. The third-order valence-electron chi connectivity index (χ3n) is 5.31. The van der Waals surface area contributed by atoms with Crippen molar-refractivity contribution in [3.8, 4) is 22.8 Å². The van der Waals surface area contributed by atoms with Crippen molar-refractivity contribution in [1.29, 1.82) is 0 Å². The van der Waals surface area contributed by atoms with E-state index in [1.807, 2.05) is 37.3 Å². The van der Waals surface area contributed by atoms with Crippen LogP contribution in [0.4, 0.5) is 13.2 Å². The van der Waals surface area contributed by atoms with Crippen LogP contribution in [0.1, 0.15) is 25.0 Å². The first-order valence-electron chi connectivity index (χ1n) is 8.42. The molecule has 2 aromatic carbocycles. The van der Waals surface area contributed by atoms with Gasteiger partial charge in [0, 0.05) is 10.9 Å². The highest BCUT2D eigenvalue weighted by molar-refractivity contribution is 6.03. The molecule has 26 heavy (non-hydrogen) atoms. The van der Waals surface area contributed by atoms with E-state index in [0.717, 1.165) is 27.6 Å². The van der Waals surface area contributed by atoms with E-state index in [2.05, 4.69) is 0 Å². The van der Waals surface area contributed by atoms with Gasteiger partial charge in [0.2, 0.25) is 0 Å². The quantitative estimate of drug-likeness (QED) is 0.405. The zero-order chi connectivity index (χ0) is 18.9. The highest BCUT2D eigenvalue weighted by Crippen LogP contribution is 2.48. The molecular formula is C21H19F3NO+. The first-order chi connectivity index (χ1) is 12.1. The lowest BCUT2D eigenvalue weighted by molar-refractivity contribution is -0.661. The van der Waals surface area contributed by atoms with Gasteiger partial charge in [0.15, 0.2) is 11.9 Å². The lowest BCUT2D eigenvalue weighted by atomic mass is 9.84. The van der Waals surface area contributed by atoms with Crippen molar-refractivity contribution >= 4 is 10.8 Å². The fourth-order valence-corrected chi connectivity index (χ4v) is 3.54. The van der Waals surface area contributed by atoms with Crippen LogP contribution >= 0.6 is 0 Å². The van der Waals surface area contributed by atoms with Gasteiger partial charge in [-0.3, -0.25) is 0 Å². The van der Waals surface area contributed by atoms with Crippen LogP contribution in [0.25, 0.3) is 22.0 Å². The van der Waals surface area contributed by atoms with Gasteiger partial charge in [0.25, 0.3) is 5.69 Å². The fourth-order valence-electron chi connectivity index (χ4n) is 3.54. The molecule has 0 saturated carbocycles. The second-order valence-corrected chi connectivity index (χ2v) is 7.39. The van der Waals surface area contributed by atoms with Gasteiger partial charge in [-0.25, -0.2) is 0 Å². The molecule has 0 saturated heterocycles. The van der Waals surface area contributed by atoms with E-state index in [1.54, 1.807) is 17.8 Å². The van der Waals surface area contributed by atoms with Crippen molar-refractivity contribution in [2.75, 3.05) is 0 Å². The highest BCUT2D eigenvalue weighted by Gasteiger charge is 2.50. The summed E-state index contributed by atoms with van der Waals surface area (Å²) in [5, 5.41) is 2.05. The largest absolute Gasteiger partial charge is 0.450 e. The predicted molar refractivity (Wildman–Crippen MR) is 94.5 cm³/mol. The molecule has 0 radical (unpaired) electrons. The molecular weight excluding hydrogens is 339 g/mol. The van der Waals surface area contributed by atoms with Crippen LogP contribution in [-0.4, -0.2) is 6.18 Å². The number of rotatable bonds is 1. The smallest absolute Gasteiger partial charge is 0.398 e. The van der Waals surface area contributed by atoms with Gasteiger partial charge in [-0.2, -0.15) is 17.7 Å². The molecule has 2 heterocycles. The van der Waals surface area contributed by atoms with Gasteiger partial charge in [0.05, 0.1) is 11.0 Å². The van der Waals surface area contributed by atoms with Crippen LogP contribution in [0.5, 0.6) is 11.5 Å². The molecule has 0 fully saturated rings. The van der Waals surface area contributed by atoms with Gasteiger partial charge in [-0.1, -0.05) is 24.3 Å². The van der Waals surface area contributed by atoms with Crippen molar-refractivity contribution in [1.82, 2.24) is 0 Å². The van der Waals surface area contributed by atoms with Crippen LogP contribution in [0.3, 0.4) is 0 Å². The number of ether oxygens (including phenoxy) is 1. The van der Waals surface area contributed by atoms with Crippen LogP contribution in [0, 0.1) is 6.92 Å². The van der Waals surface area contributed by atoms with E-state index in [1.165, 1.54) is 19.9 Å². The summed E-state index contributed by atoms with van der Waals surface area (Å²) in [7, 11) is 1.77. The normalized spacial score (nSPS) is 13.5. The number of alkyl halides is 3. The number of benzene rings is 2. The minimum Gasteiger partial charge on any atom is -0.450 e. The first kappa shape index (κ1) is 16.9. The van der Waals surface area contributed by atoms with E-state index < -0.39 is 11.6 Å². The van der Waals surface area contributed by atoms with E-state index in [-0.39, 0.29) is 5.56 Å². The number of fused-ring (bicyclic) bond motifs is 2. The highest BCUT2D eigenvalue weighted by atomic mass is 19.4. The molecule has 2 nitrogen and oxygen atoms in total. The Bertz CT molecular complexity index is 1050. The molecule has 0 amide bonds. The molecule has 1 aliphatic heterocycles. The first-order valence-corrected chi connectivity index (χ1v) is 8.42. The topological polar surface area (TPSA) is 13.1 Å². The summed E-state index contributed by atoms with van der Waals surface area (Å²) in [5.41, 5.74) is 1.08. The van der Waals surface area contributed by atoms with Gasteiger partial charge in [-0.15, -0.1) is 0 Å². The summed E-state index contributed by atoms with van der Waals surface area (Å²) >= 11 is 0. The Hall–Kier alpha value is -2.56. The van der Waals surface area contributed by atoms with E-state index in [9.17, 15) is 13.2 Å². The Kier molecular flexibility index (Phi) is 3.39. The molecule has 1 aliphatic rings. The number of nitrogens with zero attached hydrogens (tertiary/aromatic N) is 1. The number of hydrogen-bond donors (Lipinski definition) is 0. The predicted octanol–water partition coefficient (Wildman–Crippen LogP) is 5.59. The van der Waals surface area contributed by atoms with Crippen molar-refractivity contribution in [3.63, 3.8) is 0 Å². The van der Waals surface area contributed by atoms with Crippen molar-refractivity contribution in [3.05, 3.63) is 53.7 Å². The molecule has 0 N–H and O–H groups in total. The third-order valence-corrected chi connectivity index (χ3v) is 5.31. The number of aromatic nitrogens is 1. The van der Waals surface area contributed by atoms with Gasteiger partial charge in [-0.05, 0) is 43.9 Å². The molecule has 1 aromatic heterocycles. The number of halogens is 3. The zero-order valence-corrected chi connectivity index (χ0v) is 15.0. The summed E-state index contributed by atoms with van der Waals surface area (Å²) in [5.74, 6) is 1.13. The second-order valence-electron chi connectivity index (χ2n) is 7.39. The van der Waals surface area contributed by atoms with Crippen molar-refractivity contribution < 1.29 is 22.5 Å². The van der Waals surface area contributed by atoms with Gasteiger partial charge in [0.1, 0.15) is 12.8 Å². The Morgan fingerprint density at radius 3 is 2.42 bits per heavy atom. The summed E-state index contributed by atoms with van der Waals surface area (Å²) in [6.07, 6.45) is -2.79. The zero-order valence-electron chi connectivity index (χ0n) is 15.0. The van der Waals surface area contributed by atoms with Crippen LogP contribution in [0.2, 0.25) is 0 Å². The average Bonchev–Trinajstić information content (AvgIpc) is 2.56. The number of aryl methyl sites for hydroxylation is 2. The van der Waals surface area contributed by atoms with Crippen LogP contribution in [-0.2, 0) is 12.5 Å². The lowest BCUT2D eigenvalue weighted by Crippen LogP contribution is -2.40. The minimum absolute atomic E-state index is 0.176. The van der Waals surface area contributed by atoms with Crippen LogP contribution < -0.4 is 9.30 Å². The van der Waals surface area contributed by atoms with E-state index in [0.29, 0.717) is 11.5 Å². The Labute approximate surface area is 149 Å². The maximum absolute atomic E-state index is 13.5. The summed E-state index contributed by atoms with van der Waals surface area (Å²) in [6, 6.07) is 11.4. The number of hydrogen-bond acceptors (Lipinski definition) is 1. The van der Waals surface area contributed by atoms with Gasteiger partial charge >= 0.3 is 6.18 Å². The Morgan fingerprint density at radius 1 is 1.00 bits per heavy atom. The van der Waals surface area contributed by atoms with E-state index in [4.69, 9.17) is 4.74 Å². The summed E-state index contributed by atoms with van der Waals surface area (Å²) < 4.78 is 48.4. The molecule has 0 bridgehead atoms. The second kappa shape index (κ2) is 5.22. The van der Waals surface area contributed by atoms with Crippen molar-refractivity contribution in [2.45, 2.75) is 32.4 Å². The minimum atomic E-state index is -4.35. The average molecular weight is 358 g/mol. The third kappa shape index (κ3) is 2.23. The SMILES string of the molecule is Cc1ccc2cccc3c2c1-c1c(cc(C(C)(C)C(F)(F)F)c[n+]1C)O3. The number of pyridine rings is 1. The Balaban J connectivity index is 2.03.